The molecule has 2 N–H and O–H groups in total. The molecule has 0 unspecified atom stereocenters. The molecule has 0 radical (unpaired) electrons. The summed E-state index contributed by atoms with van der Waals surface area (Å²) in [5.74, 6) is 0.00121. The van der Waals surface area contributed by atoms with Crippen LogP contribution in [0.3, 0.4) is 0 Å². The van der Waals surface area contributed by atoms with Crippen molar-refractivity contribution in [2.24, 2.45) is 0 Å². The summed E-state index contributed by atoms with van der Waals surface area (Å²) in [6.07, 6.45) is 3.17. The number of rotatable bonds is 3. The highest BCUT2D eigenvalue weighted by Gasteiger charge is 2.11. The van der Waals surface area contributed by atoms with E-state index in [1.807, 2.05) is 11.4 Å². The van der Waals surface area contributed by atoms with Gasteiger partial charge in [-0.25, -0.2) is 0 Å². The number of amides is 1. The van der Waals surface area contributed by atoms with Gasteiger partial charge in [-0.05, 0) is 40.3 Å². The van der Waals surface area contributed by atoms with Crippen LogP contribution in [0.1, 0.15) is 16.1 Å². The Bertz CT molecular complexity index is 414. The van der Waals surface area contributed by atoms with Gasteiger partial charge in [-0.2, -0.15) is 0 Å². The zero-order valence-corrected chi connectivity index (χ0v) is 11.2. The molecule has 0 spiro atoms. The molecule has 1 aromatic heterocycles. The predicted molar refractivity (Wildman–Crippen MR) is 69.9 cm³/mol. The van der Waals surface area contributed by atoms with Crippen LogP contribution in [0.2, 0.25) is 0 Å². The van der Waals surface area contributed by atoms with Crippen LogP contribution >= 0.6 is 27.3 Å². The fourth-order valence-corrected chi connectivity index (χ4v) is 3.03. The van der Waals surface area contributed by atoms with E-state index in [2.05, 4.69) is 32.6 Å². The number of hydrogen-bond donors (Lipinski definition) is 2. The van der Waals surface area contributed by atoms with Crippen molar-refractivity contribution in [3.05, 3.63) is 32.4 Å². The van der Waals surface area contributed by atoms with Gasteiger partial charge in [-0.15, -0.1) is 11.3 Å². The van der Waals surface area contributed by atoms with Crippen LogP contribution in [0.4, 0.5) is 0 Å². The lowest BCUT2D eigenvalue weighted by Crippen LogP contribution is -2.29. The number of halogens is 1. The molecule has 0 aromatic carbocycles. The van der Waals surface area contributed by atoms with E-state index in [-0.39, 0.29) is 5.91 Å². The molecule has 1 aliphatic rings. The van der Waals surface area contributed by atoms with Gasteiger partial charge in [0.05, 0.1) is 0 Å². The molecule has 2 rings (SSSR count). The van der Waals surface area contributed by atoms with E-state index in [1.165, 1.54) is 16.9 Å². The van der Waals surface area contributed by atoms with Crippen molar-refractivity contribution < 1.29 is 4.79 Å². The van der Waals surface area contributed by atoms with Crippen molar-refractivity contribution >= 4 is 33.2 Å². The van der Waals surface area contributed by atoms with Crippen LogP contribution in [0.15, 0.2) is 27.6 Å². The second-order valence-corrected chi connectivity index (χ2v) is 5.37. The van der Waals surface area contributed by atoms with Crippen molar-refractivity contribution in [1.29, 1.82) is 0 Å². The molecule has 0 atom stereocenters. The number of hydrogen-bond acceptors (Lipinski definition) is 3. The molecule has 0 aliphatic carbocycles. The van der Waals surface area contributed by atoms with E-state index in [0.717, 1.165) is 28.9 Å². The van der Waals surface area contributed by atoms with Crippen molar-refractivity contribution in [2.45, 2.75) is 6.42 Å². The quantitative estimate of drug-likeness (QED) is 0.840. The Morgan fingerprint density at radius 2 is 2.50 bits per heavy atom. The second kappa shape index (κ2) is 5.61. The van der Waals surface area contributed by atoms with E-state index in [9.17, 15) is 4.79 Å². The summed E-state index contributed by atoms with van der Waals surface area (Å²) in [5.41, 5.74) is 1.31. The molecule has 2 heterocycles. The highest BCUT2D eigenvalue weighted by atomic mass is 79.9. The van der Waals surface area contributed by atoms with Gasteiger partial charge in [0.1, 0.15) is 4.88 Å². The summed E-state index contributed by atoms with van der Waals surface area (Å²) in [6, 6.07) is 1.89. The van der Waals surface area contributed by atoms with E-state index < -0.39 is 0 Å². The molecule has 1 amide bonds. The zero-order chi connectivity index (χ0) is 11.4. The normalized spacial score (nSPS) is 15.7. The van der Waals surface area contributed by atoms with E-state index in [1.54, 1.807) is 0 Å². The number of thiophene rings is 1. The van der Waals surface area contributed by atoms with Crippen molar-refractivity contribution in [1.82, 2.24) is 10.6 Å². The lowest BCUT2D eigenvalue weighted by Gasteiger charge is -2.14. The summed E-state index contributed by atoms with van der Waals surface area (Å²) >= 11 is 4.81. The monoisotopic (exact) mass is 300 g/mol. The van der Waals surface area contributed by atoms with Gasteiger partial charge in [0.2, 0.25) is 0 Å². The molecule has 1 aliphatic heterocycles. The zero-order valence-electron chi connectivity index (χ0n) is 8.75. The molecule has 0 fully saturated rings. The third kappa shape index (κ3) is 2.93. The molecule has 1 aromatic rings. The van der Waals surface area contributed by atoms with Crippen LogP contribution in [0.5, 0.6) is 0 Å². The summed E-state index contributed by atoms with van der Waals surface area (Å²) in [7, 11) is 0. The average molecular weight is 301 g/mol. The first-order valence-electron chi connectivity index (χ1n) is 5.17. The lowest BCUT2D eigenvalue weighted by molar-refractivity contribution is 0.0960. The molecule has 0 saturated carbocycles. The first-order chi connectivity index (χ1) is 7.77. The number of nitrogens with one attached hydrogen (secondary N) is 2. The smallest absolute Gasteiger partial charge is 0.262 e. The maximum atomic E-state index is 11.8. The summed E-state index contributed by atoms with van der Waals surface area (Å²) in [5, 5.41) is 8.09. The first kappa shape index (κ1) is 11.8. The Morgan fingerprint density at radius 3 is 3.12 bits per heavy atom. The Morgan fingerprint density at radius 1 is 1.62 bits per heavy atom. The minimum absolute atomic E-state index is 0.00121. The van der Waals surface area contributed by atoms with Gasteiger partial charge >= 0.3 is 0 Å². The Hall–Kier alpha value is -0.650. The lowest BCUT2D eigenvalue weighted by atomic mass is 10.1. The standard InChI is InChI=1S/C11H13BrN2OS/c12-9-3-6-16-10(9)11(15)14-7-8-1-4-13-5-2-8/h1,3,6,13H,2,4-5,7H2,(H,14,15). The fourth-order valence-electron chi connectivity index (χ4n) is 1.56. The SMILES string of the molecule is O=C(NCC1=CCNCC1)c1sccc1Br. The van der Waals surface area contributed by atoms with Crippen molar-refractivity contribution in [2.75, 3.05) is 19.6 Å². The predicted octanol–water partition coefficient (Wildman–Crippen LogP) is 2.16. The van der Waals surface area contributed by atoms with E-state index in [4.69, 9.17) is 0 Å². The summed E-state index contributed by atoms with van der Waals surface area (Å²) < 4.78 is 0.870. The van der Waals surface area contributed by atoms with Crippen LogP contribution in [0.25, 0.3) is 0 Å². The van der Waals surface area contributed by atoms with Gasteiger partial charge in [0.25, 0.3) is 5.91 Å². The van der Waals surface area contributed by atoms with Gasteiger partial charge < -0.3 is 10.6 Å². The molecule has 0 bridgehead atoms. The Labute approximate surface area is 107 Å². The maximum absolute atomic E-state index is 11.8. The molecular formula is C11H13BrN2OS. The molecule has 5 heteroatoms. The third-order valence-corrected chi connectivity index (χ3v) is 4.29. The van der Waals surface area contributed by atoms with E-state index in [0.29, 0.717) is 6.54 Å². The number of carbonyl (C=O) groups excluding carboxylic acids is 1. The van der Waals surface area contributed by atoms with Crippen LogP contribution < -0.4 is 10.6 Å². The maximum Gasteiger partial charge on any atom is 0.262 e. The average Bonchev–Trinajstić information content (AvgIpc) is 2.74. The van der Waals surface area contributed by atoms with Crippen LogP contribution in [-0.2, 0) is 0 Å². The van der Waals surface area contributed by atoms with E-state index >= 15 is 0 Å². The topological polar surface area (TPSA) is 41.1 Å². The highest BCUT2D eigenvalue weighted by Crippen LogP contribution is 2.22. The van der Waals surface area contributed by atoms with Gasteiger partial charge in [-0.1, -0.05) is 11.6 Å². The summed E-state index contributed by atoms with van der Waals surface area (Å²) in [6.45, 7) is 2.57. The van der Waals surface area contributed by atoms with Gasteiger partial charge in [0.15, 0.2) is 0 Å². The molecule has 3 nitrogen and oxygen atoms in total. The molecular weight excluding hydrogens is 288 g/mol. The van der Waals surface area contributed by atoms with Crippen molar-refractivity contribution in [3.63, 3.8) is 0 Å². The van der Waals surface area contributed by atoms with Gasteiger partial charge in [0, 0.05) is 17.6 Å². The Balaban J connectivity index is 1.89. The fraction of sp³-hybridized carbons (Fsp3) is 0.364. The minimum atomic E-state index is 0.00121. The summed E-state index contributed by atoms with van der Waals surface area (Å²) in [4.78, 5) is 12.5. The van der Waals surface area contributed by atoms with Crippen LogP contribution in [0, 0.1) is 0 Å². The number of carbonyl (C=O) groups is 1. The minimum Gasteiger partial charge on any atom is -0.348 e. The molecule has 16 heavy (non-hydrogen) atoms. The largest absolute Gasteiger partial charge is 0.348 e. The molecule has 86 valence electrons. The van der Waals surface area contributed by atoms with Crippen LogP contribution in [-0.4, -0.2) is 25.5 Å². The highest BCUT2D eigenvalue weighted by molar-refractivity contribution is 9.10. The molecule has 0 saturated heterocycles. The van der Waals surface area contributed by atoms with Crippen molar-refractivity contribution in [3.8, 4) is 0 Å². The Kier molecular flexibility index (Phi) is 4.15. The first-order valence-corrected chi connectivity index (χ1v) is 6.84. The second-order valence-electron chi connectivity index (χ2n) is 3.60. The van der Waals surface area contributed by atoms with Gasteiger partial charge in [-0.3, -0.25) is 4.79 Å². The third-order valence-electron chi connectivity index (χ3n) is 2.46.